The van der Waals surface area contributed by atoms with Gasteiger partial charge in [0.25, 0.3) is 5.56 Å². The van der Waals surface area contributed by atoms with Crippen molar-refractivity contribution in [2.45, 2.75) is 35.9 Å². The van der Waals surface area contributed by atoms with Crippen LogP contribution in [0.5, 0.6) is 0 Å². The highest BCUT2D eigenvalue weighted by molar-refractivity contribution is 9.10. The van der Waals surface area contributed by atoms with Crippen LogP contribution in [0.3, 0.4) is 0 Å². The zero-order chi connectivity index (χ0) is 14.5. The zero-order valence-electron chi connectivity index (χ0n) is 11.1. The molecule has 0 aliphatic heterocycles. The van der Waals surface area contributed by atoms with Crippen LogP contribution in [0.15, 0.2) is 49.8 Å². The maximum Gasteiger partial charge on any atom is 0.251 e. The summed E-state index contributed by atoms with van der Waals surface area (Å²) < 4.78 is 1.02. The number of aromatic amines is 1. The first-order chi connectivity index (χ1) is 9.58. The number of nitrogens with two attached hydrogens (primary N) is 1. The number of hydrogen-bond donors (Lipinski definition) is 2. The molecule has 0 radical (unpaired) electrons. The van der Waals surface area contributed by atoms with Gasteiger partial charge in [0, 0.05) is 27.7 Å². The first kappa shape index (κ1) is 15.3. The van der Waals surface area contributed by atoms with E-state index in [1.165, 1.54) is 24.0 Å². The van der Waals surface area contributed by atoms with Gasteiger partial charge < -0.3 is 10.7 Å². The lowest BCUT2D eigenvalue weighted by atomic mass is 10.1. The number of hydrogen-bond acceptors (Lipinski definition) is 4. The highest BCUT2D eigenvalue weighted by atomic mass is 79.9. The number of aromatic nitrogens is 2. The molecule has 0 aliphatic carbocycles. The molecule has 0 saturated heterocycles. The summed E-state index contributed by atoms with van der Waals surface area (Å²) in [7, 11) is 0. The van der Waals surface area contributed by atoms with Crippen molar-refractivity contribution >= 4 is 27.7 Å². The molecule has 1 aromatic carbocycles. The molecule has 1 unspecified atom stereocenters. The van der Waals surface area contributed by atoms with E-state index in [1.807, 2.05) is 12.1 Å². The molecule has 6 heteroatoms. The molecule has 0 amide bonds. The van der Waals surface area contributed by atoms with E-state index in [0.717, 1.165) is 27.8 Å². The van der Waals surface area contributed by atoms with Crippen LogP contribution in [0.4, 0.5) is 0 Å². The molecule has 106 valence electrons. The van der Waals surface area contributed by atoms with Crippen molar-refractivity contribution in [3.8, 4) is 0 Å². The molecule has 1 atom stereocenters. The summed E-state index contributed by atoms with van der Waals surface area (Å²) >= 11 is 4.93. The molecule has 2 aromatic rings. The second-order valence-electron chi connectivity index (χ2n) is 4.47. The Morgan fingerprint density at radius 3 is 2.95 bits per heavy atom. The van der Waals surface area contributed by atoms with Crippen LogP contribution in [0.25, 0.3) is 0 Å². The van der Waals surface area contributed by atoms with E-state index in [-0.39, 0.29) is 11.6 Å². The van der Waals surface area contributed by atoms with Gasteiger partial charge in [-0.2, -0.15) is 0 Å². The van der Waals surface area contributed by atoms with Crippen molar-refractivity contribution in [3.05, 3.63) is 50.9 Å². The van der Waals surface area contributed by atoms with Crippen LogP contribution in [0.1, 0.15) is 18.9 Å². The van der Waals surface area contributed by atoms with Crippen LogP contribution in [0.2, 0.25) is 0 Å². The fourth-order valence-electron chi connectivity index (χ4n) is 1.74. The zero-order valence-corrected chi connectivity index (χ0v) is 13.5. The Morgan fingerprint density at radius 2 is 2.25 bits per heavy atom. The first-order valence-electron chi connectivity index (χ1n) is 6.35. The van der Waals surface area contributed by atoms with E-state index < -0.39 is 0 Å². The topological polar surface area (TPSA) is 71.8 Å². The minimum absolute atomic E-state index is 0.131. The quantitative estimate of drug-likeness (QED) is 0.810. The fourth-order valence-corrected chi connectivity index (χ4v) is 3.03. The smallest absolute Gasteiger partial charge is 0.251 e. The Morgan fingerprint density at radius 1 is 1.45 bits per heavy atom. The molecule has 0 aliphatic rings. The second-order valence-corrected chi connectivity index (χ2v) is 6.41. The van der Waals surface area contributed by atoms with Gasteiger partial charge in [-0.3, -0.25) is 4.79 Å². The molecule has 1 aromatic heterocycles. The van der Waals surface area contributed by atoms with Crippen LogP contribution >= 0.6 is 27.7 Å². The molecule has 0 bridgehead atoms. The summed E-state index contributed by atoms with van der Waals surface area (Å²) in [4.78, 5) is 19.2. The monoisotopic (exact) mass is 353 g/mol. The van der Waals surface area contributed by atoms with Crippen molar-refractivity contribution in [2.24, 2.45) is 5.73 Å². The molecular formula is C14H16BrN3OS. The predicted molar refractivity (Wildman–Crippen MR) is 85.1 cm³/mol. The van der Waals surface area contributed by atoms with Gasteiger partial charge in [0.05, 0.1) is 0 Å². The molecule has 0 saturated carbocycles. The van der Waals surface area contributed by atoms with Crippen molar-refractivity contribution in [2.75, 3.05) is 0 Å². The van der Waals surface area contributed by atoms with Crippen molar-refractivity contribution in [1.29, 1.82) is 0 Å². The van der Waals surface area contributed by atoms with E-state index in [0.29, 0.717) is 5.16 Å². The average molecular weight is 354 g/mol. The van der Waals surface area contributed by atoms with E-state index >= 15 is 0 Å². The lowest BCUT2D eigenvalue weighted by molar-refractivity contribution is 0.641. The van der Waals surface area contributed by atoms with E-state index in [2.05, 4.69) is 38.9 Å². The Bertz CT molecular complexity index is 644. The maximum absolute atomic E-state index is 11.3. The van der Waals surface area contributed by atoms with Gasteiger partial charge in [0.15, 0.2) is 5.16 Å². The second kappa shape index (κ2) is 7.06. The lowest BCUT2D eigenvalue weighted by Gasteiger charge is -2.13. The minimum atomic E-state index is -0.147. The van der Waals surface area contributed by atoms with Crippen molar-refractivity contribution in [1.82, 2.24) is 9.97 Å². The number of halogens is 1. The number of nitrogens with zero attached hydrogens (tertiary/aromatic N) is 1. The molecular weight excluding hydrogens is 338 g/mol. The fraction of sp³-hybridized carbons (Fsp3) is 0.286. The SMILES string of the molecule is CCC(N)Cc1cc(Br)ccc1Sc1nccc(=O)[nH]1. The van der Waals surface area contributed by atoms with Crippen LogP contribution < -0.4 is 11.3 Å². The number of benzene rings is 1. The number of rotatable bonds is 5. The van der Waals surface area contributed by atoms with E-state index in [4.69, 9.17) is 5.73 Å². The third-order valence-corrected chi connectivity index (χ3v) is 4.40. The van der Waals surface area contributed by atoms with Crippen molar-refractivity contribution in [3.63, 3.8) is 0 Å². The molecule has 1 heterocycles. The Hall–Kier alpha value is -1.11. The Labute approximate surface area is 130 Å². The third-order valence-electron chi connectivity index (χ3n) is 2.88. The minimum Gasteiger partial charge on any atom is -0.327 e. The van der Waals surface area contributed by atoms with Gasteiger partial charge in [-0.25, -0.2) is 4.98 Å². The van der Waals surface area contributed by atoms with Gasteiger partial charge in [-0.1, -0.05) is 34.6 Å². The summed E-state index contributed by atoms with van der Waals surface area (Å²) in [6.45, 7) is 2.08. The van der Waals surface area contributed by atoms with Gasteiger partial charge in [0.1, 0.15) is 0 Å². The standard InChI is InChI=1S/C14H16BrN3OS/c1-2-11(16)8-9-7-10(15)3-4-12(9)20-14-17-6-5-13(19)18-14/h3-7,11H,2,8,16H2,1H3,(H,17,18,19). The molecule has 20 heavy (non-hydrogen) atoms. The summed E-state index contributed by atoms with van der Waals surface area (Å²) in [5, 5.41) is 0.589. The van der Waals surface area contributed by atoms with E-state index in [9.17, 15) is 4.79 Å². The van der Waals surface area contributed by atoms with Gasteiger partial charge in [0.2, 0.25) is 0 Å². The molecule has 4 nitrogen and oxygen atoms in total. The van der Waals surface area contributed by atoms with Crippen LogP contribution in [-0.4, -0.2) is 16.0 Å². The van der Waals surface area contributed by atoms with Gasteiger partial charge >= 0.3 is 0 Å². The predicted octanol–water partition coefficient (Wildman–Crippen LogP) is 2.96. The number of H-pyrrole nitrogens is 1. The molecule has 0 fully saturated rings. The average Bonchev–Trinajstić information content (AvgIpc) is 2.42. The highest BCUT2D eigenvalue weighted by Gasteiger charge is 2.10. The maximum atomic E-state index is 11.3. The molecule has 2 rings (SSSR count). The van der Waals surface area contributed by atoms with Crippen molar-refractivity contribution < 1.29 is 0 Å². The van der Waals surface area contributed by atoms with Crippen LogP contribution in [-0.2, 0) is 6.42 Å². The van der Waals surface area contributed by atoms with Crippen LogP contribution in [0, 0.1) is 0 Å². The lowest BCUT2D eigenvalue weighted by Crippen LogP contribution is -2.21. The Balaban J connectivity index is 2.28. The highest BCUT2D eigenvalue weighted by Crippen LogP contribution is 2.30. The summed E-state index contributed by atoms with van der Waals surface area (Å²) in [5.41, 5.74) is 7.05. The summed E-state index contributed by atoms with van der Waals surface area (Å²) in [5.74, 6) is 0. The molecule has 3 N–H and O–H groups in total. The summed E-state index contributed by atoms with van der Waals surface area (Å²) in [6.07, 6.45) is 3.24. The number of nitrogens with one attached hydrogen (secondary N) is 1. The Kier molecular flexibility index (Phi) is 5.39. The summed E-state index contributed by atoms with van der Waals surface area (Å²) in [6, 6.07) is 7.59. The molecule has 0 spiro atoms. The largest absolute Gasteiger partial charge is 0.327 e. The van der Waals surface area contributed by atoms with Gasteiger partial charge in [-0.15, -0.1) is 0 Å². The van der Waals surface area contributed by atoms with E-state index in [1.54, 1.807) is 0 Å². The first-order valence-corrected chi connectivity index (χ1v) is 7.96. The third kappa shape index (κ3) is 4.19. The van der Waals surface area contributed by atoms with Gasteiger partial charge in [-0.05, 0) is 36.6 Å². The normalized spacial score (nSPS) is 12.3.